The first-order valence-corrected chi connectivity index (χ1v) is 9.42. The minimum atomic E-state index is -0.240. The van der Waals surface area contributed by atoms with Crippen LogP contribution in [0.1, 0.15) is 15.9 Å². The van der Waals surface area contributed by atoms with Gasteiger partial charge >= 0.3 is 0 Å². The van der Waals surface area contributed by atoms with Crippen LogP contribution in [-0.4, -0.2) is 25.8 Å². The second-order valence-electron chi connectivity index (χ2n) is 6.90. The van der Waals surface area contributed by atoms with Crippen LogP contribution < -0.4 is 5.43 Å². The second kappa shape index (κ2) is 7.29. The molecular formula is C23H17N5O2. The predicted octanol–water partition coefficient (Wildman–Crippen LogP) is 4.45. The molecule has 5 aromatic rings. The van der Waals surface area contributed by atoms with Crippen molar-refractivity contribution in [3.05, 3.63) is 90.3 Å². The Kier molecular flexibility index (Phi) is 4.33. The van der Waals surface area contributed by atoms with Crippen LogP contribution in [0.2, 0.25) is 0 Å². The van der Waals surface area contributed by atoms with E-state index in [1.165, 1.54) is 0 Å². The summed E-state index contributed by atoms with van der Waals surface area (Å²) in [5.41, 5.74) is 7.76. The molecule has 3 aromatic carbocycles. The van der Waals surface area contributed by atoms with Crippen molar-refractivity contribution in [3.63, 3.8) is 0 Å². The summed E-state index contributed by atoms with van der Waals surface area (Å²) in [7, 11) is 0. The van der Waals surface area contributed by atoms with Gasteiger partial charge in [0, 0.05) is 16.7 Å². The first-order chi connectivity index (χ1) is 14.7. The molecule has 0 saturated carbocycles. The fourth-order valence-corrected chi connectivity index (χ4v) is 3.14. The highest BCUT2D eigenvalue weighted by molar-refractivity contribution is 6.01. The van der Waals surface area contributed by atoms with Crippen molar-refractivity contribution in [1.29, 1.82) is 0 Å². The highest BCUT2D eigenvalue weighted by Gasteiger charge is 2.13. The topological polar surface area (TPSA) is 85.8 Å². The summed E-state index contributed by atoms with van der Waals surface area (Å²) >= 11 is 0. The Morgan fingerprint density at radius 1 is 0.867 bits per heavy atom. The van der Waals surface area contributed by atoms with Crippen LogP contribution in [0.4, 0.5) is 0 Å². The third-order valence-electron chi connectivity index (χ3n) is 4.79. The van der Waals surface area contributed by atoms with Crippen molar-refractivity contribution >= 4 is 16.9 Å². The van der Waals surface area contributed by atoms with Crippen LogP contribution in [0.3, 0.4) is 0 Å². The van der Waals surface area contributed by atoms with Crippen molar-refractivity contribution in [2.24, 2.45) is 0 Å². The van der Waals surface area contributed by atoms with E-state index >= 15 is 0 Å². The van der Waals surface area contributed by atoms with Crippen LogP contribution in [0.15, 0.2) is 83.5 Å². The molecule has 2 heterocycles. The molecule has 0 radical (unpaired) electrons. The number of carbonyl (C=O) groups excluding carboxylic acids is 1. The molecule has 7 heteroatoms. The lowest BCUT2D eigenvalue weighted by Crippen LogP contribution is -2.21. The molecule has 7 nitrogen and oxygen atoms in total. The van der Waals surface area contributed by atoms with Crippen LogP contribution in [-0.2, 0) is 0 Å². The van der Waals surface area contributed by atoms with E-state index in [0.717, 1.165) is 27.7 Å². The number of rotatable bonds is 4. The maximum Gasteiger partial charge on any atom is 0.270 e. The van der Waals surface area contributed by atoms with Crippen LogP contribution in [0, 0.1) is 6.92 Å². The van der Waals surface area contributed by atoms with E-state index < -0.39 is 0 Å². The first kappa shape index (κ1) is 17.8. The first-order valence-electron chi connectivity index (χ1n) is 9.42. The zero-order valence-electron chi connectivity index (χ0n) is 16.1. The van der Waals surface area contributed by atoms with Crippen molar-refractivity contribution in [1.82, 2.24) is 19.9 Å². The number of nitrogens with zero attached hydrogens (tertiary/aromatic N) is 4. The standard InChI is InChI=1S/C23H17N5O2/c1-15-6-8-17(9-7-15)22-25-26-23(30-22)18-12-10-16(11-13-18)21(29)27-28-14-24-19-4-2-3-5-20(19)28/h2-14H,1H3,(H,27,29). The molecule has 0 saturated heterocycles. The fraction of sp³-hybridized carbons (Fsp3) is 0.0435. The molecule has 146 valence electrons. The smallest absolute Gasteiger partial charge is 0.270 e. The molecule has 0 bridgehead atoms. The Hall–Kier alpha value is -4.26. The molecule has 2 aromatic heterocycles. The Balaban J connectivity index is 1.34. The predicted molar refractivity (Wildman–Crippen MR) is 113 cm³/mol. The molecule has 30 heavy (non-hydrogen) atoms. The average Bonchev–Trinajstić information content (AvgIpc) is 3.42. The third-order valence-corrected chi connectivity index (χ3v) is 4.79. The maximum absolute atomic E-state index is 12.6. The summed E-state index contributed by atoms with van der Waals surface area (Å²) in [6.07, 6.45) is 1.59. The van der Waals surface area contributed by atoms with Gasteiger partial charge in [-0.05, 0) is 55.5 Å². The van der Waals surface area contributed by atoms with Gasteiger partial charge in [0.15, 0.2) is 0 Å². The number of nitrogens with one attached hydrogen (secondary N) is 1. The van der Waals surface area contributed by atoms with E-state index in [-0.39, 0.29) is 5.91 Å². The van der Waals surface area contributed by atoms with Crippen molar-refractivity contribution in [3.8, 4) is 22.9 Å². The monoisotopic (exact) mass is 395 g/mol. The normalized spacial score (nSPS) is 11.0. The molecule has 0 fully saturated rings. The van der Waals surface area contributed by atoms with Crippen molar-refractivity contribution < 1.29 is 9.21 Å². The third kappa shape index (κ3) is 3.33. The summed E-state index contributed by atoms with van der Waals surface area (Å²) in [5, 5.41) is 8.25. The Bertz CT molecular complexity index is 1330. The molecular weight excluding hydrogens is 378 g/mol. The van der Waals surface area contributed by atoms with Gasteiger partial charge in [-0.3, -0.25) is 10.2 Å². The highest BCUT2D eigenvalue weighted by Crippen LogP contribution is 2.24. The van der Waals surface area contributed by atoms with Gasteiger partial charge in [0.25, 0.3) is 5.91 Å². The number of amides is 1. The largest absolute Gasteiger partial charge is 0.416 e. The molecule has 0 spiro atoms. The molecule has 0 aliphatic rings. The lowest BCUT2D eigenvalue weighted by atomic mass is 10.1. The van der Waals surface area contributed by atoms with Crippen molar-refractivity contribution in [2.75, 3.05) is 5.43 Å². The lowest BCUT2D eigenvalue weighted by molar-refractivity contribution is 0.101. The Morgan fingerprint density at radius 3 is 2.20 bits per heavy atom. The van der Waals surface area contributed by atoms with E-state index in [0.29, 0.717) is 17.3 Å². The van der Waals surface area contributed by atoms with Crippen LogP contribution in [0.25, 0.3) is 33.9 Å². The number of benzene rings is 3. The molecule has 1 N–H and O–H groups in total. The van der Waals surface area contributed by atoms with Gasteiger partial charge < -0.3 is 4.42 Å². The zero-order valence-corrected chi connectivity index (χ0v) is 16.1. The van der Waals surface area contributed by atoms with Gasteiger partial charge in [0.05, 0.1) is 11.0 Å². The van der Waals surface area contributed by atoms with E-state index in [2.05, 4.69) is 20.6 Å². The number of hydrogen-bond acceptors (Lipinski definition) is 5. The maximum atomic E-state index is 12.6. The van der Waals surface area contributed by atoms with Gasteiger partial charge in [-0.2, -0.15) is 0 Å². The van der Waals surface area contributed by atoms with E-state index in [1.54, 1.807) is 35.3 Å². The number of hydrogen-bond donors (Lipinski definition) is 1. The Morgan fingerprint density at radius 2 is 1.50 bits per heavy atom. The summed E-state index contributed by atoms with van der Waals surface area (Å²) < 4.78 is 7.40. The molecule has 0 unspecified atom stereocenters. The summed E-state index contributed by atoms with van der Waals surface area (Å²) in [4.78, 5) is 16.9. The van der Waals surface area contributed by atoms with E-state index in [1.807, 2.05) is 55.5 Å². The fourth-order valence-electron chi connectivity index (χ4n) is 3.14. The average molecular weight is 395 g/mol. The van der Waals surface area contributed by atoms with Crippen LogP contribution >= 0.6 is 0 Å². The van der Waals surface area contributed by atoms with Crippen molar-refractivity contribution in [2.45, 2.75) is 6.92 Å². The van der Waals surface area contributed by atoms with Gasteiger partial charge in [0.2, 0.25) is 11.8 Å². The van der Waals surface area contributed by atoms with Gasteiger partial charge in [-0.1, -0.05) is 29.8 Å². The number of carbonyl (C=O) groups is 1. The summed E-state index contributed by atoms with van der Waals surface area (Å²) in [5.74, 6) is 0.618. The number of imidazole rings is 1. The molecule has 1 amide bonds. The van der Waals surface area contributed by atoms with Gasteiger partial charge in [-0.15, -0.1) is 10.2 Å². The Labute approximate surface area is 172 Å². The molecule has 0 aliphatic heterocycles. The summed E-state index contributed by atoms with van der Waals surface area (Å²) in [6, 6.07) is 22.5. The minimum absolute atomic E-state index is 0.240. The number of aromatic nitrogens is 4. The van der Waals surface area contributed by atoms with Crippen LogP contribution in [0.5, 0.6) is 0 Å². The molecule has 0 aliphatic carbocycles. The van der Waals surface area contributed by atoms with E-state index in [9.17, 15) is 4.79 Å². The van der Waals surface area contributed by atoms with Gasteiger partial charge in [0.1, 0.15) is 6.33 Å². The number of aryl methyl sites for hydroxylation is 1. The number of para-hydroxylation sites is 2. The molecule has 5 rings (SSSR count). The zero-order chi connectivity index (χ0) is 20.5. The summed E-state index contributed by atoms with van der Waals surface area (Å²) in [6.45, 7) is 2.02. The molecule has 0 atom stereocenters. The van der Waals surface area contributed by atoms with E-state index in [4.69, 9.17) is 4.42 Å². The quantitative estimate of drug-likeness (QED) is 0.486. The SMILES string of the molecule is Cc1ccc(-c2nnc(-c3ccc(C(=O)Nn4cnc5ccccc54)cc3)o2)cc1. The number of fused-ring (bicyclic) bond motifs is 1. The minimum Gasteiger partial charge on any atom is -0.416 e. The second-order valence-corrected chi connectivity index (χ2v) is 6.90. The van der Waals surface area contributed by atoms with Gasteiger partial charge in [-0.25, -0.2) is 9.66 Å². The lowest BCUT2D eigenvalue weighted by Gasteiger charge is -2.07. The highest BCUT2D eigenvalue weighted by atomic mass is 16.4.